The fraction of sp³-hybridized carbons (Fsp3) is 0.588. The third-order valence-electron chi connectivity index (χ3n) is 4.36. The van der Waals surface area contributed by atoms with Gasteiger partial charge in [0.15, 0.2) is 0 Å². The summed E-state index contributed by atoms with van der Waals surface area (Å²) in [7, 11) is 0. The molecule has 0 spiro atoms. The molecule has 0 unspecified atom stereocenters. The molecule has 2 aromatic heterocycles. The molecule has 3 heterocycles. The zero-order chi connectivity index (χ0) is 17.1. The first kappa shape index (κ1) is 17.1. The van der Waals surface area contributed by atoms with Crippen LogP contribution < -0.4 is 5.32 Å². The molecule has 0 radical (unpaired) electrons. The normalized spacial score (nSPS) is 16.5. The molecule has 0 aliphatic carbocycles. The van der Waals surface area contributed by atoms with Crippen molar-refractivity contribution in [3.05, 3.63) is 33.5 Å². The first-order chi connectivity index (χ1) is 11.5. The van der Waals surface area contributed by atoms with Gasteiger partial charge in [-0.1, -0.05) is 0 Å². The van der Waals surface area contributed by atoms with Crippen molar-refractivity contribution in [2.24, 2.45) is 0 Å². The molecule has 1 aliphatic heterocycles. The number of rotatable bonds is 6. The predicted octanol–water partition coefficient (Wildman–Crippen LogP) is 2.54. The molecule has 1 N–H and O–H groups in total. The molecule has 3 rings (SSSR count). The van der Waals surface area contributed by atoms with E-state index in [1.165, 1.54) is 24.2 Å². The Bertz CT molecular complexity index is 702. The standard InChI is InChI=1S/C17H25N5OS/c1-12-8-13(2)22(20-12)14(3)9-19-17(23)15-10-18-16(24-15)11-21-6-4-5-7-21/h8,10,14H,4-7,9,11H2,1-3H3,(H,19,23)/t14-/m1/s1. The van der Waals surface area contributed by atoms with Gasteiger partial charge in [-0.25, -0.2) is 4.98 Å². The number of likely N-dealkylation sites (tertiary alicyclic amines) is 1. The zero-order valence-corrected chi connectivity index (χ0v) is 15.4. The summed E-state index contributed by atoms with van der Waals surface area (Å²) in [6.07, 6.45) is 4.23. The molecule has 130 valence electrons. The SMILES string of the molecule is Cc1cc(C)n([C@H](C)CNC(=O)c2cnc(CN3CCCC3)s2)n1. The third-order valence-corrected chi connectivity index (χ3v) is 5.34. The van der Waals surface area contributed by atoms with Crippen molar-refractivity contribution in [1.82, 2.24) is 25.0 Å². The Morgan fingerprint density at radius 3 is 2.79 bits per heavy atom. The number of hydrogen-bond acceptors (Lipinski definition) is 5. The molecule has 1 amide bonds. The van der Waals surface area contributed by atoms with Crippen LogP contribution in [0.4, 0.5) is 0 Å². The molecule has 1 atom stereocenters. The minimum atomic E-state index is -0.0476. The summed E-state index contributed by atoms with van der Waals surface area (Å²) >= 11 is 1.50. The molecule has 1 fully saturated rings. The second-order valence-electron chi connectivity index (χ2n) is 6.53. The highest BCUT2D eigenvalue weighted by Crippen LogP contribution is 2.18. The number of nitrogens with one attached hydrogen (secondary N) is 1. The van der Waals surface area contributed by atoms with Crippen molar-refractivity contribution >= 4 is 17.2 Å². The molecular weight excluding hydrogens is 322 g/mol. The number of carbonyl (C=O) groups excluding carboxylic acids is 1. The topological polar surface area (TPSA) is 63.1 Å². The average Bonchev–Trinajstić information content (AvgIpc) is 3.27. The molecule has 1 aliphatic rings. The van der Waals surface area contributed by atoms with Gasteiger partial charge in [0.1, 0.15) is 9.88 Å². The molecule has 0 bridgehead atoms. The Hall–Kier alpha value is -1.73. The van der Waals surface area contributed by atoms with Crippen LogP contribution in [0.15, 0.2) is 12.3 Å². The van der Waals surface area contributed by atoms with E-state index in [0.717, 1.165) is 36.0 Å². The van der Waals surface area contributed by atoms with Crippen molar-refractivity contribution in [3.8, 4) is 0 Å². The summed E-state index contributed by atoms with van der Waals surface area (Å²) in [4.78, 5) is 19.8. The number of hydrogen-bond donors (Lipinski definition) is 1. The maximum absolute atomic E-state index is 12.3. The summed E-state index contributed by atoms with van der Waals surface area (Å²) in [6.45, 7) is 9.77. The Morgan fingerprint density at radius 2 is 2.12 bits per heavy atom. The first-order valence-electron chi connectivity index (χ1n) is 8.51. The lowest BCUT2D eigenvalue weighted by Gasteiger charge is -2.14. The third kappa shape index (κ3) is 4.02. The highest BCUT2D eigenvalue weighted by Gasteiger charge is 2.17. The van der Waals surface area contributed by atoms with Crippen molar-refractivity contribution in [2.45, 2.75) is 46.2 Å². The van der Waals surface area contributed by atoms with E-state index in [2.05, 4.69) is 27.2 Å². The molecule has 6 nitrogen and oxygen atoms in total. The van der Waals surface area contributed by atoms with Crippen molar-refractivity contribution < 1.29 is 4.79 Å². The van der Waals surface area contributed by atoms with E-state index in [1.54, 1.807) is 6.20 Å². The predicted molar refractivity (Wildman–Crippen MR) is 95.4 cm³/mol. The summed E-state index contributed by atoms with van der Waals surface area (Å²) in [5.41, 5.74) is 2.11. The molecule has 24 heavy (non-hydrogen) atoms. The summed E-state index contributed by atoms with van der Waals surface area (Å²) < 4.78 is 1.96. The monoisotopic (exact) mass is 347 g/mol. The van der Waals surface area contributed by atoms with Gasteiger partial charge in [0.05, 0.1) is 24.5 Å². The van der Waals surface area contributed by atoms with Crippen LogP contribution in [0.2, 0.25) is 0 Å². The van der Waals surface area contributed by atoms with Gasteiger partial charge in [0, 0.05) is 12.2 Å². The molecule has 2 aromatic rings. The lowest BCUT2D eigenvalue weighted by Crippen LogP contribution is -2.29. The Balaban J connectivity index is 1.53. The van der Waals surface area contributed by atoms with Gasteiger partial charge in [-0.05, 0) is 52.8 Å². The van der Waals surface area contributed by atoms with Gasteiger partial charge >= 0.3 is 0 Å². The smallest absolute Gasteiger partial charge is 0.263 e. The van der Waals surface area contributed by atoms with E-state index in [-0.39, 0.29) is 11.9 Å². The van der Waals surface area contributed by atoms with Gasteiger partial charge in [0.25, 0.3) is 5.91 Å². The van der Waals surface area contributed by atoms with Gasteiger partial charge in [-0.15, -0.1) is 11.3 Å². The summed E-state index contributed by atoms with van der Waals surface area (Å²) in [5.74, 6) is -0.0476. The van der Waals surface area contributed by atoms with Gasteiger partial charge < -0.3 is 5.32 Å². The van der Waals surface area contributed by atoms with Crippen LogP contribution in [0.5, 0.6) is 0 Å². The lowest BCUT2D eigenvalue weighted by atomic mass is 10.3. The second kappa shape index (κ2) is 7.44. The first-order valence-corrected chi connectivity index (χ1v) is 9.32. The Morgan fingerprint density at radius 1 is 1.38 bits per heavy atom. The number of carbonyl (C=O) groups is 1. The van der Waals surface area contributed by atoms with E-state index in [0.29, 0.717) is 11.4 Å². The van der Waals surface area contributed by atoms with Crippen LogP contribution >= 0.6 is 11.3 Å². The molecule has 0 aromatic carbocycles. The number of amides is 1. The van der Waals surface area contributed by atoms with Gasteiger partial charge in [0.2, 0.25) is 0 Å². The molecule has 7 heteroatoms. The van der Waals surface area contributed by atoms with Crippen LogP contribution in [0, 0.1) is 13.8 Å². The largest absolute Gasteiger partial charge is 0.349 e. The number of aryl methyl sites for hydroxylation is 2. The molecular formula is C17H25N5OS. The van der Waals surface area contributed by atoms with E-state index in [4.69, 9.17) is 0 Å². The van der Waals surface area contributed by atoms with Crippen LogP contribution in [0.1, 0.15) is 51.9 Å². The average molecular weight is 347 g/mol. The number of nitrogens with zero attached hydrogens (tertiary/aromatic N) is 4. The van der Waals surface area contributed by atoms with E-state index in [9.17, 15) is 4.79 Å². The van der Waals surface area contributed by atoms with Gasteiger partial charge in [-0.2, -0.15) is 5.10 Å². The highest BCUT2D eigenvalue weighted by molar-refractivity contribution is 7.13. The van der Waals surface area contributed by atoms with Crippen LogP contribution in [0.25, 0.3) is 0 Å². The maximum atomic E-state index is 12.3. The van der Waals surface area contributed by atoms with Crippen molar-refractivity contribution in [2.75, 3.05) is 19.6 Å². The Kier molecular flexibility index (Phi) is 5.30. The summed E-state index contributed by atoms with van der Waals surface area (Å²) in [5, 5.41) is 8.49. The van der Waals surface area contributed by atoms with Crippen molar-refractivity contribution in [3.63, 3.8) is 0 Å². The maximum Gasteiger partial charge on any atom is 0.263 e. The number of thiazole rings is 1. The van der Waals surface area contributed by atoms with Crippen LogP contribution in [-0.2, 0) is 6.54 Å². The molecule has 0 saturated carbocycles. The Labute approximate surface area is 146 Å². The van der Waals surface area contributed by atoms with E-state index in [1.807, 2.05) is 24.6 Å². The second-order valence-corrected chi connectivity index (χ2v) is 7.65. The molecule has 1 saturated heterocycles. The highest BCUT2D eigenvalue weighted by atomic mass is 32.1. The quantitative estimate of drug-likeness (QED) is 0.872. The van der Waals surface area contributed by atoms with Crippen LogP contribution in [0.3, 0.4) is 0 Å². The minimum absolute atomic E-state index is 0.0476. The lowest BCUT2D eigenvalue weighted by molar-refractivity contribution is 0.0951. The minimum Gasteiger partial charge on any atom is -0.349 e. The van der Waals surface area contributed by atoms with E-state index >= 15 is 0 Å². The van der Waals surface area contributed by atoms with Crippen molar-refractivity contribution in [1.29, 1.82) is 0 Å². The number of aromatic nitrogens is 3. The van der Waals surface area contributed by atoms with Gasteiger partial charge in [-0.3, -0.25) is 14.4 Å². The van der Waals surface area contributed by atoms with E-state index < -0.39 is 0 Å². The fourth-order valence-corrected chi connectivity index (χ4v) is 4.00. The van der Waals surface area contributed by atoms with Crippen LogP contribution in [-0.4, -0.2) is 45.2 Å². The summed E-state index contributed by atoms with van der Waals surface area (Å²) in [6, 6.07) is 2.17. The zero-order valence-electron chi connectivity index (χ0n) is 14.6. The fourth-order valence-electron chi connectivity index (χ4n) is 3.13.